The van der Waals surface area contributed by atoms with Crippen molar-refractivity contribution in [3.8, 4) is 5.69 Å². The number of rotatable bonds is 2. The zero-order chi connectivity index (χ0) is 15.8. The Bertz CT molecular complexity index is 883. The van der Waals surface area contributed by atoms with Crippen molar-refractivity contribution >= 4 is 22.4 Å². The smallest absolute Gasteiger partial charge is 0.151 e. The fraction of sp³-hybridized carbons (Fsp3) is 0.222. The molecular weight excluding hydrogens is 288 g/mol. The van der Waals surface area contributed by atoms with Gasteiger partial charge >= 0.3 is 0 Å². The molecule has 0 saturated heterocycles. The molecule has 0 spiro atoms. The van der Waals surface area contributed by atoms with Crippen molar-refractivity contribution in [3.05, 3.63) is 54.5 Å². The Morgan fingerprint density at radius 1 is 1.17 bits per heavy atom. The number of allylic oxidation sites excluding steroid dienone is 1. The van der Waals surface area contributed by atoms with Crippen LogP contribution in [0.3, 0.4) is 0 Å². The van der Waals surface area contributed by atoms with Gasteiger partial charge in [-0.05, 0) is 37.0 Å². The molecule has 116 valence electrons. The van der Waals surface area contributed by atoms with Gasteiger partial charge < -0.3 is 15.4 Å². The van der Waals surface area contributed by atoms with E-state index in [4.69, 9.17) is 5.73 Å². The highest BCUT2D eigenvalue weighted by Gasteiger charge is 2.20. The quantitative estimate of drug-likeness (QED) is 0.763. The largest absolute Gasteiger partial charge is 0.389 e. The van der Waals surface area contributed by atoms with Gasteiger partial charge in [0.2, 0.25) is 0 Å². The second-order valence-electron chi connectivity index (χ2n) is 5.86. The van der Waals surface area contributed by atoms with Crippen LogP contribution in [0.4, 0.5) is 5.82 Å². The highest BCUT2D eigenvalue weighted by Crippen LogP contribution is 2.34. The minimum atomic E-state index is -0.381. The molecule has 2 aromatic heterocycles. The maximum absolute atomic E-state index is 9.95. The summed E-state index contributed by atoms with van der Waals surface area (Å²) in [4.78, 5) is 8.60. The lowest BCUT2D eigenvalue weighted by Gasteiger charge is -2.16. The number of aliphatic hydroxyl groups excluding tert-OH is 1. The van der Waals surface area contributed by atoms with E-state index in [2.05, 4.69) is 16.2 Å². The van der Waals surface area contributed by atoms with Crippen LogP contribution < -0.4 is 5.73 Å². The van der Waals surface area contributed by atoms with E-state index in [0.29, 0.717) is 5.82 Å². The van der Waals surface area contributed by atoms with Crippen LogP contribution in [0.25, 0.3) is 22.3 Å². The van der Waals surface area contributed by atoms with E-state index in [1.54, 1.807) is 0 Å². The zero-order valence-corrected chi connectivity index (χ0v) is 12.7. The molecule has 0 saturated carbocycles. The lowest BCUT2D eigenvalue weighted by Crippen LogP contribution is -2.08. The van der Waals surface area contributed by atoms with E-state index in [9.17, 15) is 5.11 Å². The van der Waals surface area contributed by atoms with Crippen LogP contribution in [0.2, 0.25) is 0 Å². The Labute approximate surface area is 134 Å². The number of nitrogens with zero attached hydrogens (tertiary/aromatic N) is 3. The number of benzene rings is 1. The normalized spacial score (nSPS) is 18.1. The molecule has 1 atom stereocenters. The predicted molar refractivity (Wildman–Crippen MR) is 91.1 cm³/mol. The van der Waals surface area contributed by atoms with E-state index in [1.807, 2.05) is 41.0 Å². The first-order chi connectivity index (χ1) is 11.2. The monoisotopic (exact) mass is 306 g/mol. The zero-order valence-electron chi connectivity index (χ0n) is 12.7. The molecule has 0 bridgehead atoms. The van der Waals surface area contributed by atoms with E-state index in [1.165, 1.54) is 6.33 Å². The van der Waals surface area contributed by atoms with Gasteiger partial charge in [0.25, 0.3) is 0 Å². The maximum atomic E-state index is 9.95. The lowest BCUT2D eigenvalue weighted by molar-refractivity contribution is 0.206. The molecule has 0 fully saturated rings. The molecule has 1 aliphatic rings. The van der Waals surface area contributed by atoms with Crippen molar-refractivity contribution in [3.63, 3.8) is 0 Å². The molecule has 23 heavy (non-hydrogen) atoms. The fourth-order valence-electron chi connectivity index (χ4n) is 3.23. The van der Waals surface area contributed by atoms with Gasteiger partial charge in [0.15, 0.2) is 5.82 Å². The number of nitrogen functional groups attached to an aromatic ring is 1. The SMILES string of the molecule is Nc1ncnc2c(C3=CC(O)CCC3)cn(-c3ccccc3)c12. The number of hydrogen-bond donors (Lipinski definition) is 2. The molecule has 3 aromatic rings. The topological polar surface area (TPSA) is 77.0 Å². The van der Waals surface area contributed by atoms with E-state index in [0.717, 1.165) is 47.1 Å². The number of nitrogens with two attached hydrogens (primary N) is 1. The molecule has 5 heteroatoms. The molecular formula is C18H18N4O. The van der Waals surface area contributed by atoms with Gasteiger partial charge in [0.1, 0.15) is 17.4 Å². The Morgan fingerprint density at radius 3 is 2.78 bits per heavy atom. The third-order valence-corrected chi connectivity index (χ3v) is 4.32. The number of anilines is 1. The first-order valence-corrected chi connectivity index (χ1v) is 7.80. The van der Waals surface area contributed by atoms with Gasteiger partial charge in [0, 0.05) is 17.4 Å². The maximum Gasteiger partial charge on any atom is 0.151 e. The summed E-state index contributed by atoms with van der Waals surface area (Å²) in [6.45, 7) is 0. The fourth-order valence-corrected chi connectivity index (χ4v) is 3.23. The van der Waals surface area contributed by atoms with E-state index >= 15 is 0 Å². The molecule has 1 unspecified atom stereocenters. The van der Waals surface area contributed by atoms with Crippen molar-refractivity contribution < 1.29 is 5.11 Å². The molecule has 4 rings (SSSR count). The summed E-state index contributed by atoms with van der Waals surface area (Å²) in [7, 11) is 0. The number of hydrogen-bond acceptors (Lipinski definition) is 4. The Morgan fingerprint density at radius 2 is 2.00 bits per heavy atom. The van der Waals surface area contributed by atoms with Crippen LogP contribution in [-0.2, 0) is 0 Å². The van der Waals surface area contributed by atoms with Gasteiger partial charge in [0.05, 0.1) is 6.10 Å². The van der Waals surface area contributed by atoms with Gasteiger partial charge in [-0.25, -0.2) is 9.97 Å². The summed E-state index contributed by atoms with van der Waals surface area (Å²) in [6, 6.07) is 10.0. The average Bonchev–Trinajstić information content (AvgIpc) is 2.97. The number of aromatic nitrogens is 3. The van der Waals surface area contributed by atoms with Crippen molar-refractivity contribution in [1.29, 1.82) is 0 Å². The van der Waals surface area contributed by atoms with Gasteiger partial charge in [-0.15, -0.1) is 0 Å². The first kappa shape index (κ1) is 14.0. The number of aliphatic hydroxyl groups is 1. The average molecular weight is 306 g/mol. The van der Waals surface area contributed by atoms with Gasteiger partial charge in [-0.1, -0.05) is 24.3 Å². The van der Waals surface area contributed by atoms with E-state index < -0.39 is 0 Å². The summed E-state index contributed by atoms with van der Waals surface area (Å²) in [6.07, 6.45) is 7.84. The highest BCUT2D eigenvalue weighted by molar-refractivity contribution is 5.96. The van der Waals surface area contributed by atoms with E-state index in [-0.39, 0.29) is 6.10 Å². The third-order valence-electron chi connectivity index (χ3n) is 4.32. The van der Waals surface area contributed by atoms with Crippen LogP contribution >= 0.6 is 0 Å². The second-order valence-corrected chi connectivity index (χ2v) is 5.86. The van der Waals surface area contributed by atoms with Crippen molar-refractivity contribution in [2.24, 2.45) is 0 Å². The molecule has 0 aliphatic heterocycles. The number of para-hydroxylation sites is 1. The van der Waals surface area contributed by atoms with Gasteiger partial charge in [-0.3, -0.25) is 0 Å². The first-order valence-electron chi connectivity index (χ1n) is 7.80. The summed E-state index contributed by atoms with van der Waals surface area (Å²) in [5, 5.41) is 9.95. The van der Waals surface area contributed by atoms with Crippen molar-refractivity contribution in [1.82, 2.24) is 14.5 Å². The van der Waals surface area contributed by atoms with Crippen molar-refractivity contribution in [2.45, 2.75) is 25.4 Å². The van der Waals surface area contributed by atoms with Crippen LogP contribution in [0.15, 0.2) is 48.9 Å². The summed E-state index contributed by atoms with van der Waals surface area (Å²) in [5.74, 6) is 0.460. The molecule has 0 amide bonds. The minimum Gasteiger partial charge on any atom is -0.389 e. The summed E-state index contributed by atoms with van der Waals surface area (Å²) < 4.78 is 2.03. The lowest BCUT2D eigenvalue weighted by atomic mass is 9.93. The summed E-state index contributed by atoms with van der Waals surface area (Å²) in [5.41, 5.74) is 10.9. The Balaban J connectivity index is 1.98. The molecule has 3 N–H and O–H groups in total. The molecule has 5 nitrogen and oxygen atoms in total. The van der Waals surface area contributed by atoms with Crippen molar-refractivity contribution in [2.75, 3.05) is 5.73 Å². The highest BCUT2D eigenvalue weighted by atomic mass is 16.3. The van der Waals surface area contributed by atoms with Crippen LogP contribution in [0.1, 0.15) is 24.8 Å². The van der Waals surface area contributed by atoms with Crippen LogP contribution in [-0.4, -0.2) is 25.7 Å². The van der Waals surface area contributed by atoms with Crippen LogP contribution in [0.5, 0.6) is 0 Å². The molecule has 2 heterocycles. The van der Waals surface area contributed by atoms with Crippen LogP contribution in [0, 0.1) is 0 Å². The molecule has 0 radical (unpaired) electrons. The molecule has 1 aromatic carbocycles. The standard InChI is InChI=1S/C18H18N4O/c19-18-17-16(20-11-21-18)15(12-5-4-8-14(23)9-12)10-22(17)13-6-2-1-3-7-13/h1-3,6-7,9-11,14,23H,4-5,8H2,(H2,19,20,21). The Kier molecular flexibility index (Phi) is 3.35. The second kappa shape index (κ2) is 5.52. The summed E-state index contributed by atoms with van der Waals surface area (Å²) >= 11 is 0. The third kappa shape index (κ3) is 2.39. The Hall–Kier alpha value is -2.66. The predicted octanol–water partition coefficient (Wildman–Crippen LogP) is 2.93. The number of fused-ring (bicyclic) bond motifs is 1. The molecule has 1 aliphatic carbocycles. The van der Waals surface area contributed by atoms with Gasteiger partial charge in [-0.2, -0.15) is 0 Å². The minimum absolute atomic E-state index is 0.381.